The Morgan fingerprint density at radius 1 is 1.53 bits per heavy atom. The van der Waals surface area contributed by atoms with Gasteiger partial charge in [-0.3, -0.25) is 0 Å². The van der Waals surface area contributed by atoms with Crippen molar-refractivity contribution in [3.05, 3.63) is 42.5 Å². The lowest BCUT2D eigenvalue weighted by Crippen LogP contribution is -1.96. The van der Waals surface area contributed by atoms with Crippen molar-refractivity contribution < 1.29 is 9.53 Å². The maximum Gasteiger partial charge on any atom is 0.240 e. The van der Waals surface area contributed by atoms with Crippen molar-refractivity contribution in [2.24, 2.45) is 4.99 Å². The Morgan fingerprint density at radius 2 is 2.41 bits per heavy atom. The molecule has 0 fully saturated rings. The van der Waals surface area contributed by atoms with Crippen molar-refractivity contribution in [3.63, 3.8) is 0 Å². The summed E-state index contributed by atoms with van der Waals surface area (Å²) in [5, 5.41) is 0. The van der Waals surface area contributed by atoms with Crippen LogP contribution in [0.5, 0.6) is 5.75 Å². The third-order valence-corrected chi connectivity index (χ3v) is 2.33. The molecule has 1 aromatic heterocycles. The minimum Gasteiger partial charge on any atom is -0.494 e. The van der Waals surface area contributed by atoms with Gasteiger partial charge in [0, 0.05) is 18.9 Å². The number of imidazole rings is 1. The van der Waals surface area contributed by atoms with Crippen LogP contribution < -0.4 is 4.74 Å². The summed E-state index contributed by atoms with van der Waals surface area (Å²) in [5.41, 5.74) is 1.50. The molecule has 0 aliphatic carbocycles. The first-order valence-electron chi connectivity index (χ1n) is 5.04. The van der Waals surface area contributed by atoms with Gasteiger partial charge >= 0.3 is 0 Å². The van der Waals surface area contributed by atoms with Gasteiger partial charge in [0.1, 0.15) is 11.4 Å². The number of aliphatic imine (C=N–C) groups is 1. The number of hydrogen-bond acceptors (Lipinski definition) is 4. The second kappa shape index (κ2) is 5.09. The normalized spacial score (nSPS) is 9.71. The largest absolute Gasteiger partial charge is 0.494 e. The molecule has 1 heterocycles. The zero-order valence-corrected chi connectivity index (χ0v) is 9.33. The predicted octanol–water partition coefficient (Wildman–Crippen LogP) is 1.91. The third kappa shape index (κ3) is 2.59. The number of nitrogens with zero attached hydrogens (tertiary/aromatic N) is 3. The minimum atomic E-state index is 0.486. The number of aromatic nitrogens is 2. The fourth-order valence-electron chi connectivity index (χ4n) is 1.56. The molecule has 0 saturated heterocycles. The zero-order valence-electron chi connectivity index (χ0n) is 9.33. The predicted molar refractivity (Wildman–Crippen MR) is 62.1 cm³/mol. The molecule has 0 spiro atoms. The quantitative estimate of drug-likeness (QED) is 0.594. The molecule has 0 atom stereocenters. The molecule has 0 aliphatic heterocycles. The third-order valence-electron chi connectivity index (χ3n) is 2.33. The van der Waals surface area contributed by atoms with Crippen LogP contribution >= 0.6 is 0 Å². The molecule has 0 amide bonds. The molecule has 5 nitrogen and oxygen atoms in total. The van der Waals surface area contributed by atoms with E-state index in [2.05, 4.69) is 9.98 Å². The minimum absolute atomic E-state index is 0.486. The molecule has 17 heavy (non-hydrogen) atoms. The van der Waals surface area contributed by atoms with Gasteiger partial charge in [-0.1, -0.05) is 6.07 Å². The van der Waals surface area contributed by atoms with Gasteiger partial charge in [0.15, 0.2) is 0 Å². The van der Waals surface area contributed by atoms with Crippen LogP contribution in [-0.2, 0) is 11.3 Å². The lowest BCUT2D eigenvalue weighted by atomic mass is 10.2. The van der Waals surface area contributed by atoms with E-state index in [0.29, 0.717) is 18.0 Å². The van der Waals surface area contributed by atoms with E-state index in [-0.39, 0.29) is 0 Å². The van der Waals surface area contributed by atoms with Crippen molar-refractivity contribution >= 4 is 11.8 Å². The lowest BCUT2D eigenvalue weighted by molar-refractivity contribution is 0.416. The fraction of sp³-hybridized carbons (Fsp3) is 0.167. The maximum absolute atomic E-state index is 10.3. The Hall–Kier alpha value is -2.39. The lowest BCUT2D eigenvalue weighted by Gasteiger charge is -2.06. The maximum atomic E-state index is 10.3. The van der Waals surface area contributed by atoms with Crippen molar-refractivity contribution in [3.8, 4) is 5.75 Å². The topological polar surface area (TPSA) is 56.5 Å². The Morgan fingerprint density at radius 3 is 3.06 bits per heavy atom. The first kappa shape index (κ1) is 11.1. The fourth-order valence-corrected chi connectivity index (χ4v) is 1.56. The van der Waals surface area contributed by atoms with Gasteiger partial charge in [-0.25, -0.2) is 9.78 Å². The summed E-state index contributed by atoms with van der Waals surface area (Å²) >= 11 is 0. The van der Waals surface area contributed by atoms with E-state index in [1.54, 1.807) is 24.7 Å². The number of rotatable bonds is 4. The van der Waals surface area contributed by atoms with Gasteiger partial charge in [0.05, 0.1) is 13.4 Å². The van der Waals surface area contributed by atoms with Gasteiger partial charge in [-0.2, -0.15) is 4.99 Å². The highest BCUT2D eigenvalue weighted by Gasteiger charge is 2.03. The van der Waals surface area contributed by atoms with E-state index in [1.165, 1.54) is 13.2 Å². The standard InChI is InChI=1S/C12H11N3O2/c1-17-12-3-2-10(6-11(12)14-9-16)7-15-5-4-13-8-15/h2-6,8H,7H2,1H3. The number of methoxy groups -OCH3 is 1. The van der Waals surface area contributed by atoms with Crippen LogP contribution in [0.4, 0.5) is 5.69 Å². The summed E-state index contributed by atoms with van der Waals surface area (Å²) in [5.74, 6) is 0.558. The van der Waals surface area contributed by atoms with Crippen LogP contribution in [0.25, 0.3) is 0 Å². The molecular weight excluding hydrogens is 218 g/mol. The molecule has 0 unspecified atom stereocenters. The van der Waals surface area contributed by atoms with Crippen molar-refractivity contribution in [2.45, 2.75) is 6.54 Å². The average Bonchev–Trinajstić information content (AvgIpc) is 2.83. The Balaban J connectivity index is 2.30. The van der Waals surface area contributed by atoms with Gasteiger partial charge < -0.3 is 9.30 Å². The van der Waals surface area contributed by atoms with Gasteiger partial charge in [0.25, 0.3) is 0 Å². The first-order valence-corrected chi connectivity index (χ1v) is 5.04. The smallest absolute Gasteiger partial charge is 0.240 e. The summed E-state index contributed by atoms with van der Waals surface area (Å²) in [7, 11) is 1.54. The second-order valence-electron chi connectivity index (χ2n) is 3.44. The summed E-state index contributed by atoms with van der Waals surface area (Å²) in [6, 6.07) is 5.49. The van der Waals surface area contributed by atoms with E-state index in [4.69, 9.17) is 4.74 Å². The highest BCUT2D eigenvalue weighted by atomic mass is 16.5. The monoisotopic (exact) mass is 229 g/mol. The van der Waals surface area contributed by atoms with Crippen LogP contribution in [0.15, 0.2) is 41.9 Å². The SMILES string of the molecule is COc1ccc(Cn2ccnc2)cc1N=C=O. The van der Waals surface area contributed by atoms with E-state index in [0.717, 1.165) is 5.56 Å². The zero-order chi connectivity index (χ0) is 12.1. The Kier molecular flexibility index (Phi) is 3.33. The van der Waals surface area contributed by atoms with E-state index in [9.17, 15) is 4.79 Å². The molecule has 5 heteroatoms. The van der Waals surface area contributed by atoms with Gasteiger partial charge in [0.2, 0.25) is 6.08 Å². The summed E-state index contributed by atoms with van der Waals surface area (Å²) in [4.78, 5) is 17.9. The Bertz CT molecular complexity index is 543. The highest BCUT2D eigenvalue weighted by molar-refractivity contribution is 5.58. The second-order valence-corrected chi connectivity index (χ2v) is 3.44. The van der Waals surface area contributed by atoms with Gasteiger partial charge in [-0.05, 0) is 17.7 Å². The molecular formula is C12H11N3O2. The summed E-state index contributed by atoms with van der Waals surface area (Å²) in [6.45, 7) is 0.672. The Labute approximate surface area is 98.4 Å². The molecule has 1 aromatic carbocycles. The van der Waals surface area contributed by atoms with Crippen LogP contribution in [-0.4, -0.2) is 22.7 Å². The molecule has 0 radical (unpaired) electrons. The summed E-state index contributed by atoms with van der Waals surface area (Å²) in [6.07, 6.45) is 6.83. The van der Waals surface area contributed by atoms with Crippen molar-refractivity contribution in [1.29, 1.82) is 0 Å². The van der Waals surface area contributed by atoms with Crippen LogP contribution in [0, 0.1) is 0 Å². The van der Waals surface area contributed by atoms with Gasteiger partial charge in [-0.15, -0.1) is 0 Å². The van der Waals surface area contributed by atoms with E-state index in [1.807, 2.05) is 16.8 Å². The number of ether oxygens (including phenoxy) is 1. The molecule has 0 bridgehead atoms. The van der Waals surface area contributed by atoms with Crippen LogP contribution in [0.3, 0.4) is 0 Å². The molecule has 0 N–H and O–H groups in total. The molecule has 0 aliphatic rings. The average molecular weight is 229 g/mol. The molecule has 2 rings (SSSR count). The van der Waals surface area contributed by atoms with E-state index < -0.39 is 0 Å². The number of isocyanates is 1. The summed E-state index contributed by atoms with van der Waals surface area (Å²) < 4.78 is 7.02. The molecule has 0 saturated carbocycles. The van der Waals surface area contributed by atoms with Crippen molar-refractivity contribution in [1.82, 2.24) is 9.55 Å². The number of hydrogen-bond donors (Lipinski definition) is 0. The number of benzene rings is 1. The molecule has 2 aromatic rings. The van der Waals surface area contributed by atoms with Crippen LogP contribution in [0.2, 0.25) is 0 Å². The molecule has 86 valence electrons. The van der Waals surface area contributed by atoms with E-state index >= 15 is 0 Å². The highest BCUT2D eigenvalue weighted by Crippen LogP contribution is 2.28. The van der Waals surface area contributed by atoms with Crippen LogP contribution in [0.1, 0.15) is 5.56 Å². The number of carbonyl (C=O) groups excluding carboxylic acids is 1. The van der Waals surface area contributed by atoms with Crippen molar-refractivity contribution in [2.75, 3.05) is 7.11 Å². The first-order chi connectivity index (χ1) is 8.33.